The molecule has 4 aliphatic heterocycles. The number of hydrogen-bond acceptors (Lipinski definition) is 16. The smallest absolute Gasteiger partial charge is 0.307 e. The number of phenolic OH excluding ortho intramolecular Hbond substituents is 1. The van der Waals surface area contributed by atoms with Crippen molar-refractivity contribution in [2.24, 2.45) is 29.6 Å². The number of benzene rings is 3. The summed E-state index contributed by atoms with van der Waals surface area (Å²) in [4.78, 5) is 77.0. The van der Waals surface area contributed by atoms with Gasteiger partial charge in [-0.1, -0.05) is 45.9 Å². The van der Waals surface area contributed by atoms with Gasteiger partial charge in [-0.25, -0.2) is 4.98 Å². The first-order chi connectivity index (χ1) is 33.1. The number of carbonyl (C=O) groups is 3. The maximum Gasteiger partial charge on any atom is 0.307 e. The average molecular weight is 967 g/mol. The molecule has 2 saturated heterocycles. The normalized spacial score (nSPS) is 31.5. The zero-order chi connectivity index (χ0) is 50.8. The molecule has 3 aromatic carbocycles. The number of methoxy groups -OCH3 is 1. The molecule has 0 spiro atoms. The van der Waals surface area contributed by atoms with Gasteiger partial charge >= 0.3 is 11.8 Å². The molecule has 374 valence electrons. The van der Waals surface area contributed by atoms with Crippen LogP contribution in [0.1, 0.15) is 73.8 Å². The molecule has 0 saturated carbocycles. The fourth-order valence-corrected chi connectivity index (χ4v) is 10.8. The highest BCUT2D eigenvalue weighted by Gasteiger charge is 2.45. The second kappa shape index (κ2) is 19.0. The maximum atomic E-state index is 14.9. The molecule has 2 amide bonds. The van der Waals surface area contributed by atoms with Gasteiger partial charge in [0.25, 0.3) is 5.91 Å². The van der Waals surface area contributed by atoms with Crippen LogP contribution < -0.4 is 31.0 Å². The summed E-state index contributed by atoms with van der Waals surface area (Å²) in [6, 6.07) is 3.03. The number of carbonyl (C=O) groups excluding carboxylic acids is 3. The van der Waals surface area contributed by atoms with Crippen molar-refractivity contribution in [3.05, 3.63) is 79.5 Å². The van der Waals surface area contributed by atoms with Crippen LogP contribution >= 0.6 is 0 Å². The molecule has 4 bridgehead atoms. The lowest BCUT2D eigenvalue weighted by atomic mass is 9.78. The van der Waals surface area contributed by atoms with Crippen molar-refractivity contribution >= 4 is 67.9 Å². The van der Waals surface area contributed by atoms with Crippen LogP contribution in [0.25, 0.3) is 38.7 Å². The third kappa shape index (κ3) is 8.63. The van der Waals surface area contributed by atoms with E-state index >= 15 is 0 Å². The van der Waals surface area contributed by atoms with Crippen LogP contribution in [0, 0.1) is 36.5 Å². The summed E-state index contributed by atoms with van der Waals surface area (Å²) in [5.41, 5.74) is -1.74. The molecule has 18 heteroatoms. The fraction of sp³-hybridized carbons (Fsp3) is 0.500. The van der Waals surface area contributed by atoms with Crippen molar-refractivity contribution in [3.8, 4) is 11.5 Å². The number of aliphatic hydroxyl groups excluding tert-OH is 3. The quantitative estimate of drug-likeness (QED) is 0.103. The number of hydrogen-bond donors (Lipinski definition) is 5. The Morgan fingerprint density at radius 1 is 0.943 bits per heavy atom. The summed E-state index contributed by atoms with van der Waals surface area (Å²) in [5, 5.41) is 49.3. The molecule has 8 rings (SSSR count). The summed E-state index contributed by atoms with van der Waals surface area (Å²) in [5.74, 6) is -6.91. The molecule has 5 heterocycles. The van der Waals surface area contributed by atoms with Crippen LogP contribution in [-0.4, -0.2) is 111 Å². The average Bonchev–Trinajstić information content (AvgIpc) is 3.88. The van der Waals surface area contributed by atoms with Gasteiger partial charge in [0.1, 0.15) is 28.8 Å². The molecule has 11 atom stereocenters. The molecule has 0 unspecified atom stereocenters. The Bertz CT molecular complexity index is 3070. The lowest BCUT2D eigenvalue weighted by Crippen LogP contribution is -2.47. The number of piperidine rings is 1. The van der Waals surface area contributed by atoms with E-state index in [0.29, 0.717) is 25.3 Å². The third-order valence-electron chi connectivity index (χ3n) is 15.0. The fourth-order valence-electron chi connectivity index (χ4n) is 10.8. The summed E-state index contributed by atoms with van der Waals surface area (Å²) < 4.78 is 30.6. The number of phenols is 1. The standard InChI is InChI=1S/C52H62N4O14/c1-23-13-11-14-24(2)51(65)54-42-46(63)38-37(41-49(42)69-36-20-32(19-34(59)40(36)53-41)55-21-31-15-12-17-56(29(7)57)33(31)22-55)39-48(28(6)45(38)62)70-52(9,50(39)64)67-18-16-35(66-10)25(3)47(68-30(8)58)27(5)44(61)26(4)43(23)60/h11,13-14,16,18-20,23,25-27,31,33,35,43-44,47,60-62,64H,12,15,17,21-22H2,1-10H3,(H,54,65)/b13-11+,18-16+,24-14-/t23-,25+,26+,27+,31+,33-,35-,43-,44+,47+,52-/m0/s1. The Kier molecular flexibility index (Phi) is 13.6. The minimum atomic E-state index is -2.00. The summed E-state index contributed by atoms with van der Waals surface area (Å²) in [6.45, 7) is 15.8. The number of nitrogens with one attached hydrogen (secondary N) is 1. The lowest BCUT2D eigenvalue weighted by Gasteiger charge is -2.38. The van der Waals surface area contributed by atoms with Gasteiger partial charge in [0.2, 0.25) is 16.8 Å². The van der Waals surface area contributed by atoms with E-state index in [1.807, 2.05) is 9.80 Å². The second-order valence-corrected chi connectivity index (χ2v) is 19.6. The number of rotatable bonds is 3. The molecule has 18 nitrogen and oxygen atoms in total. The van der Waals surface area contributed by atoms with Crippen LogP contribution in [0.5, 0.6) is 11.5 Å². The number of aromatic hydroxyl groups is 1. The number of likely N-dealkylation sites (tertiary alicyclic amines) is 1. The maximum absolute atomic E-state index is 14.9. The van der Waals surface area contributed by atoms with Gasteiger partial charge in [-0.05, 0) is 38.7 Å². The highest BCUT2D eigenvalue weighted by Crippen LogP contribution is 2.43. The number of ether oxygens (including phenoxy) is 4. The Morgan fingerprint density at radius 2 is 1.67 bits per heavy atom. The van der Waals surface area contributed by atoms with E-state index in [1.54, 1.807) is 52.8 Å². The van der Waals surface area contributed by atoms with E-state index in [2.05, 4.69) is 5.32 Å². The van der Waals surface area contributed by atoms with E-state index < -0.39 is 93.8 Å². The van der Waals surface area contributed by atoms with E-state index in [0.717, 1.165) is 12.8 Å². The Labute approximate surface area is 403 Å². The van der Waals surface area contributed by atoms with Crippen LogP contribution in [0.3, 0.4) is 0 Å². The second-order valence-electron chi connectivity index (χ2n) is 19.6. The topological polar surface area (TPSA) is 248 Å². The van der Waals surface area contributed by atoms with E-state index in [1.165, 1.54) is 59.3 Å². The molecule has 4 aliphatic rings. The number of allylic oxidation sites excluding steroid dienone is 2. The molecular formula is C52H62N4O14. The van der Waals surface area contributed by atoms with Gasteiger partial charge in [0, 0.05) is 106 Å². The Balaban J connectivity index is 1.34. The number of aliphatic hydroxyl groups is 3. The largest absolute Gasteiger partial charge is 0.507 e. The number of anilines is 2. The Morgan fingerprint density at radius 3 is 2.36 bits per heavy atom. The minimum Gasteiger partial charge on any atom is -0.507 e. The lowest BCUT2D eigenvalue weighted by molar-refractivity contribution is -0.160. The first-order valence-electron chi connectivity index (χ1n) is 23.7. The van der Waals surface area contributed by atoms with Gasteiger partial charge in [-0.2, -0.15) is 0 Å². The van der Waals surface area contributed by atoms with Crippen molar-refractivity contribution in [2.45, 2.75) is 111 Å². The molecule has 70 heavy (non-hydrogen) atoms. The zero-order valence-electron chi connectivity index (χ0n) is 41.1. The van der Waals surface area contributed by atoms with Crippen molar-refractivity contribution in [3.63, 3.8) is 0 Å². The van der Waals surface area contributed by atoms with Gasteiger partial charge in [0.05, 0.1) is 41.2 Å². The number of nitrogens with zero attached hydrogens (tertiary/aromatic N) is 3. The van der Waals surface area contributed by atoms with Crippen molar-refractivity contribution in [1.29, 1.82) is 0 Å². The van der Waals surface area contributed by atoms with Crippen LogP contribution in [-0.2, 0) is 28.6 Å². The number of amides is 2. The molecule has 5 N–H and O–H groups in total. The van der Waals surface area contributed by atoms with Crippen molar-refractivity contribution in [2.75, 3.05) is 37.0 Å². The number of aromatic nitrogens is 1. The number of esters is 1. The molecule has 2 fully saturated rings. The van der Waals surface area contributed by atoms with Crippen LogP contribution in [0.15, 0.2) is 62.3 Å². The molecule has 0 aliphatic carbocycles. The van der Waals surface area contributed by atoms with E-state index in [-0.39, 0.29) is 72.9 Å². The van der Waals surface area contributed by atoms with E-state index in [4.69, 9.17) is 28.3 Å². The highest BCUT2D eigenvalue weighted by molar-refractivity contribution is 6.17. The van der Waals surface area contributed by atoms with Gasteiger partial charge in [0.15, 0.2) is 22.4 Å². The Hall–Kier alpha value is -6.50. The van der Waals surface area contributed by atoms with Crippen molar-refractivity contribution < 1.29 is 58.2 Å². The third-order valence-corrected chi connectivity index (χ3v) is 15.0. The van der Waals surface area contributed by atoms with E-state index in [9.17, 15) is 44.4 Å². The number of fused-ring (bicyclic) bond motifs is 3. The predicted molar refractivity (Wildman–Crippen MR) is 261 cm³/mol. The van der Waals surface area contributed by atoms with Gasteiger partial charge in [-0.15, -0.1) is 0 Å². The van der Waals surface area contributed by atoms with Crippen molar-refractivity contribution in [1.82, 2.24) is 9.88 Å². The molecule has 1 aromatic heterocycles. The zero-order valence-corrected chi connectivity index (χ0v) is 41.1. The summed E-state index contributed by atoms with van der Waals surface area (Å²) >= 11 is 0. The molecular weight excluding hydrogens is 905 g/mol. The summed E-state index contributed by atoms with van der Waals surface area (Å²) in [7, 11) is 1.44. The molecule has 4 aromatic rings. The monoisotopic (exact) mass is 966 g/mol. The summed E-state index contributed by atoms with van der Waals surface area (Å²) in [6.07, 6.45) is 5.25. The SMILES string of the molecule is CO[C@H]1/C=C/O[C@@]2(C)Oc3c(C)c(O)c4c(=O)c(c5oc6cc(N7C[C@H]8CCCN(C(C)=O)[C@H]8C7)cc(=O)c6nc5c4c3=C2O)NC(=O)/C(C)=C\C=C\[C@H](C)[C@H](O)[C@@H](C)[C@@H](O)[C@@H](C)[C@H](OC(C)=O)[C@@H]1C. The first kappa shape index (κ1) is 49.9. The predicted octanol–water partition coefficient (Wildman–Crippen LogP) is 5.01. The highest BCUT2D eigenvalue weighted by atomic mass is 16.7. The van der Waals surface area contributed by atoms with Gasteiger partial charge < -0.3 is 58.9 Å². The first-order valence-corrected chi connectivity index (χ1v) is 23.7. The van der Waals surface area contributed by atoms with Crippen LogP contribution in [0.2, 0.25) is 0 Å². The van der Waals surface area contributed by atoms with Crippen LogP contribution in [0.4, 0.5) is 11.4 Å². The minimum absolute atomic E-state index is 0.0132. The van der Waals surface area contributed by atoms with Gasteiger partial charge in [-0.3, -0.25) is 24.0 Å². The molecule has 0 radical (unpaired) electrons.